The topological polar surface area (TPSA) is 96.6 Å². The number of rotatable bonds is 0. The van der Waals surface area contributed by atoms with Crippen LogP contribution >= 0.6 is 0 Å². The fourth-order valence-corrected chi connectivity index (χ4v) is 3.42. The van der Waals surface area contributed by atoms with Crippen LogP contribution < -0.4 is 10.6 Å². The molecular weight excluding hydrogens is 356 g/mol. The zero-order valence-corrected chi connectivity index (χ0v) is 15.0. The number of allylic oxidation sites excluding steroid dienone is 4. The van der Waals surface area contributed by atoms with Crippen molar-refractivity contribution in [3.05, 3.63) is 59.2 Å². The second kappa shape index (κ2) is 6.76. The highest BCUT2D eigenvalue weighted by Gasteiger charge is 2.50. The summed E-state index contributed by atoms with van der Waals surface area (Å²) in [6.45, 7) is 0.815. The zero-order chi connectivity index (χ0) is 18.9. The van der Waals surface area contributed by atoms with Gasteiger partial charge in [0.15, 0.2) is 6.17 Å². The molecule has 0 aromatic rings. The van der Waals surface area contributed by atoms with Crippen LogP contribution in [0.5, 0.6) is 0 Å². The Hall–Kier alpha value is -3.75. The molecule has 1 saturated heterocycles. The van der Waals surface area contributed by atoms with Crippen molar-refractivity contribution in [1.82, 2.24) is 20.7 Å². The first-order valence-electron chi connectivity index (χ1n) is 9.04. The number of carbonyl (C=O) groups excluding carboxylic acids is 1. The minimum Gasteiger partial charge on any atom is -0.382 e. The van der Waals surface area contributed by atoms with Crippen molar-refractivity contribution < 1.29 is 4.79 Å². The molecule has 9 heteroatoms. The Labute approximate surface area is 161 Å². The number of aliphatic imine (C=N–C) groups is 4. The largest absolute Gasteiger partial charge is 0.382 e. The Kier molecular flexibility index (Phi) is 3.97. The number of nitrogens with zero attached hydrogens (tertiary/aromatic N) is 6. The van der Waals surface area contributed by atoms with Gasteiger partial charge in [-0.3, -0.25) is 4.79 Å². The van der Waals surface area contributed by atoms with Gasteiger partial charge in [0.05, 0.1) is 6.54 Å². The molecule has 1 unspecified atom stereocenters. The Balaban J connectivity index is 1.54. The van der Waals surface area contributed by atoms with E-state index in [1.807, 2.05) is 30.5 Å². The molecule has 140 valence electrons. The minimum atomic E-state index is -0.261. The summed E-state index contributed by atoms with van der Waals surface area (Å²) in [5.41, 5.74) is 3.11. The standard InChI is InChI=1S/C19H18N8O/c28-16-11-20-10-13-3-1-4-14(9-13)26-19-25-12-24-18(27(19)26)15-5-2-6-22-17(15)23-8-7-21-16/h1-5,7-8,10,12,18,20,22H,6,9,11H2/b13-10-,21-7+,23-8+. The van der Waals surface area contributed by atoms with Crippen molar-refractivity contribution in [3.63, 3.8) is 0 Å². The first kappa shape index (κ1) is 16.4. The zero-order valence-electron chi connectivity index (χ0n) is 15.0. The van der Waals surface area contributed by atoms with Crippen LogP contribution in [0.25, 0.3) is 0 Å². The van der Waals surface area contributed by atoms with Crippen molar-refractivity contribution in [2.45, 2.75) is 12.6 Å². The molecular formula is C19H18N8O. The van der Waals surface area contributed by atoms with E-state index in [4.69, 9.17) is 0 Å². The van der Waals surface area contributed by atoms with Gasteiger partial charge in [0.1, 0.15) is 12.2 Å². The van der Waals surface area contributed by atoms with Crippen LogP contribution in [0, 0.1) is 0 Å². The molecule has 5 rings (SSSR count). The van der Waals surface area contributed by atoms with Gasteiger partial charge >= 0.3 is 0 Å². The van der Waals surface area contributed by atoms with Crippen LogP contribution in [0.4, 0.5) is 0 Å². The van der Waals surface area contributed by atoms with Gasteiger partial charge < -0.3 is 10.6 Å². The van der Waals surface area contributed by atoms with Crippen LogP contribution in [-0.4, -0.2) is 59.9 Å². The van der Waals surface area contributed by atoms with Crippen LogP contribution in [0.15, 0.2) is 79.2 Å². The Morgan fingerprint density at radius 1 is 1.18 bits per heavy atom. The third kappa shape index (κ3) is 2.96. The molecule has 9 nitrogen and oxygen atoms in total. The van der Waals surface area contributed by atoms with Crippen LogP contribution in [-0.2, 0) is 4.79 Å². The Bertz CT molecular complexity index is 991. The lowest BCUT2D eigenvalue weighted by Gasteiger charge is -2.22. The van der Waals surface area contributed by atoms with Crippen molar-refractivity contribution in [2.75, 3.05) is 13.1 Å². The van der Waals surface area contributed by atoms with E-state index in [9.17, 15) is 4.79 Å². The van der Waals surface area contributed by atoms with Gasteiger partial charge in [-0.1, -0.05) is 24.3 Å². The summed E-state index contributed by atoms with van der Waals surface area (Å²) in [6.07, 6.45) is 17.0. The number of guanidine groups is 1. The van der Waals surface area contributed by atoms with E-state index in [2.05, 4.69) is 46.7 Å². The molecule has 5 aliphatic rings. The molecule has 4 aliphatic heterocycles. The van der Waals surface area contributed by atoms with E-state index < -0.39 is 0 Å². The SMILES string of the molecule is O=C1CN/C=C2/C=CC=C(C2)N2C3=NC=NC(C4=C(/N=C/C=N/1)NCC=C4)N32. The minimum absolute atomic E-state index is 0.133. The molecule has 1 amide bonds. The molecule has 28 heavy (non-hydrogen) atoms. The molecule has 4 heterocycles. The van der Waals surface area contributed by atoms with Gasteiger partial charge in [0.2, 0.25) is 5.96 Å². The van der Waals surface area contributed by atoms with Gasteiger partial charge in [-0.05, 0) is 11.6 Å². The predicted octanol–water partition coefficient (Wildman–Crippen LogP) is 0.613. The maximum absolute atomic E-state index is 11.9. The van der Waals surface area contributed by atoms with Crippen molar-refractivity contribution in [1.29, 1.82) is 0 Å². The average Bonchev–Trinajstić information content (AvgIpc) is 3.46. The van der Waals surface area contributed by atoms with Crippen molar-refractivity contribution in [3.8, 4) is 0 Å². The molecule has 0 spiro atoms. The smallest absolute Gasteiger partial charge is 0.264 e. The summed E-state index contributed by atoms with van der Waals surface area (Å²) in [6, 6.07) is 0. The fraction of sp³-hybridized carbons (Fsp3) is 0.211. The molecule has 1 fully saturated rings. The van der Waals surface area contributed by atoms with Crippen LogP contribution in [0.2, 0.25) is 0 Å². The third-order valence-corrected chi connectivity index (χ3v) is 4.71. The van der Waals surface area contributed by atoms with E-state index in [0.29, 0.717) is 12.4 Å². The van der Waals surface area contributed by atoms with Crippen molar-refractivity contribution >= 4 is 30.6 Å². The molecule has 2 N–H and O–H groups in total. The van der Waals surface area contributed by atoms with Crippen LogP contribution in [0.1, 0.15) is 6.42 Å². The second-order valence-corrected chi connectivity index (χ2v) is 6.56. The lowest BCUT2D eigenvalue weighted by atomic mass is 10.1. The summed E-state index contributed by atoms with van der Waals surface area (Å²) in [4.78, 5) is 29.2. The first-order valence-corrected chi connectivity index (χ1v) is 9.04. The monoisotopic (exact) mass is 374 g/mol. The lowest BCUT2D eigenvalue weighted by Crippen LogP contribution is -2.29. The highest BCUT2D eigenvalue weighted by atomic mass is 16.1. The quantitative estimate of drug-likeness (QED) is 0.606. The lowest BCUT2D eigenvalue weighted by molar-refractivity contribution is -0.116. The molecule has 0 aromatic carbocycles. The Morgan fingerprint density at radius 3 is 3.07 bits per heavy atom. The summed E-state index contributed by atoms with van der Waals surface area (Å²) < 4.78 is 0. The van der Waals surface area contributed by atoms with Gasteiger partial charge in [0, 0.05) is 42.9 Å². The van der Waals surface area contributed by atoms with Crippen LogP contribution in [0.3, 0.4) is 0 Å². The number of hydrazine groups is 1. The van der Waals surface area contributed by atoms with E-state index in [1.54, 1.807) is 6.34 Å². The molecule has 0 radical (unpaired) electrons. The number of nitrogens with one attached hydrogen (secondary N) is 2. The summed E-state index contributed by atoms with van der Waals surface area (Å²) in [5.74, 6) is 1.31. The summed E-state index contributed by atoms with van der Waals surface area (Å²) in [7, 11) is 0. The average molecular weight is 374 g/mol. The molecule has 0 saturated carbocycles. The molecule has 0 aromatic heterocycles. The highest BCUT2D eigenvalue weighted by Crippen LogP contribution is 2.38. The fourth-order valence-electron chi connectivity index (χ4n) is 3.42. The molecule has 1 atom stereocenters. The van der Waals surface area contributed by atoms with Gasteiger partial charge in [-0.25, -0.2) is 30.0 Å². The molecule has 2 bridgehead atoms. The van der Waals surface area contributed by atoms with Gasteiger partial charge in [-0.15, -0.1) is 0 Å². The van der Waals surface area contributed by atoms with Gasteiger partial charge in [0.25, 0.3) is 5.91 Å². The number of amides is 1. The van der Waals surface area contributed by atoms with E-state index in [1.165, 1.54) is 12.4 Å². The number of fused-ring (bicyclic) bond motifs is 5. The number of dihydropyridines is 1. The van der Waals surface area contributed by atoms with Gasteiger partial charge in [-0.2, -0.15) is 0 Å². The van der Waals surface area contributed by atoms with E-state index in [-0.39, 0.29) is 18.6 Å². The van der Waals surface area contributed by atoms with E-state index in [0.717, 1.165) is 29.2 Å². The predicted molar refractivity (Wildman–Crippen MR) is 107 cm³/mol. The number of hydrogen-bond acceptors (Lipinski definition) is 8. The second-order valence-electron chi connectivity index (χ2n) is 6.56. The number of hydrogen-bond donors (Lipinski definition) is 2. The highest BCUT2D eigenvalue weighted by molar-refractivity contribution is 6.19. The summed E-state index contributed by atoms with van der Waals surface area (Å²) >= 11 is 0. The maximum atomic E-state index is 11.9. The first-order chi connectivity index (χ1) is 13.8. The Morgan fingerprint density at radius 2 is 2.11 bits per heavy atom. The normalized spacial score (nSPS) is 29.5. The third-order valence-electron chi connectivity index (χ3n) is 4.71. The van der Waals surface area contributed by atoms with Crippen molar-refractivity contribution in [2.24, 2.45) is 20.0 Å². The van der Waals surface area contributed by atoms with E-state index >= 15 is 0 Å². The number of carbonyl (C=O) groups is 1. The summed E-state index contributed by atoms with van der Waals surface area (Å²) in [5, 5.41) is 10.4. The maximum Gasteiger partial charge on any atom is 0.264 e. The molecule has 1 aliphatic carbocycles.